The van der Waals surface area contributed by atoms with E-state index in [9.17, 15) is 4.79 Å². The van der Waals surface area contributed by atoms with Crippen molar-refractivity contribution in [3.8, 4) is 5.75 Å². The van der Waals surface area contributed by atoms with Crippen LogP contribution < -0.4 is 10.1 Å². The van der Waals surface area contributed by atoms with Gasteiger partial charge in [0.15, 0.2) is 0 Å². The highest BCUT2D eigenvalue weighted by atomic mass is 35.5. The van der Waals surface area contributed by atoms with Gasteiger partial charge in [-0.2, -0.15) is 0 Å². The molecule has 0 heterocycles. The van der Waals surface area contributed by atoms with Crippen LogP contribution in [0.4, 0.5) is 5.69 Å². The smallest absolute Gasteiger partial charge is 0.228 e. The van der Waals surface area contributed by atoms with Crippen LogP contribution in [-0.2, 0) is 11.2 Å². The molecule has 0 spiro atoms. The average Bonchev–Trinajstić information content (AvgIpc) is 2.45. The quantitative estimate of drug-likeness (QED) is 0.875. The third-order valence-corrected chi connectivity index (χ3v) is 3.54. The topological polar surface area (TPSA) is 38.3 Å². The lowest BCUT2D eigenvalue weighted by Crippen LogP contribution is -2.14. The summed E-state index contributed by atoms with van der Waals surface area (Å²) in [6, 6.07) is 12.4. The standard InChI is InChI=1S/C16H15Cl2NO2/c1-2-21-13-6-4-12(5-7-13)19-16(20)10-11-3-8-14(17)15(18)9-11/h3-9H,2,10H2,1H3,(H,19,20). The van der Waals surface area contributed by atoms with Crippen molar-refractivity contribution >= 4 is 34.8 Å². The lowest BCUT2D eigenvalue weighted by Gasteiger charge is -2.07. The molecule has 0 aliphatic heterocycles. The average molecular weight is 324 g/mol. The Morgan fingerprint density at radius 2 is 1.81 bits per heavy atom. The number of hydrogen-bond donors (Lipinski definition) is 1. The molecule has 0 radical (unpaired) electrons. The Bertz CT molecular complexity index is 627. The summed E-state index contributed by atoms with van der Waals surface area (Å²) in [6.07, 6.45) is 0.240. The predicted octanol–water partition coefficient (Wildman–Crippen LogP) is 4.57. The first-order valence-corrected chi connectivity index (χ1v) is 7.30. The monoisotopic (exact) mass is 323 g/mol. The molecule has 2 rings (SSSR count). The Hall–Kier alpha value is -1.71. The highest BCUT2D eigenvalue weighted by Crippen LogP contribution is 2.23. The Labute approximate surface area is 133 Å². The normalized spacial score (nSPS) is 10.2. The molecule has 0 aliphatic rings. The summed E-state index contributed by atoms with van der Waals surface area (Å²) in [4.78, 5) is 12.0. The van der Waals surface area contributed by atoms with Gasteiger partial charge in [0.2, 0.25) is 5.91 Å². The minimum absolute atomic E-state index is 0.113. The molecule has 0 aliphatic carbocycles. The van der Waals surface area contributed by atoms with Crippen LogP contribution in [0.15, 0.2) is 42.5 Å². The molecule has 0 saturated carbocycles. The molecule has 0 saturated heterocycles. The third kappa shape index (κ3) is 4.66. The summed E-state index contributed by atoms with van der Waals surface area (Å²) in [5.41, 5.74) is 1.54. The van der Waals surface area contributed by atoms with Crippen LogP contribution >= 0.6 is 23.2 Å². The first-order chi connectivity index (χ1) is 10.1. The number of ether oxygens (including phenoxy) is 1. The van der Waals surface area contributed by atoms with E-state index in [1.54, 1.807) is 30.3 Å². The van der Waals surface area contributed by atoms with Crippen molar-refractivity contribution in [1.82, 2.24) is 0 Å². The van der Waals surface area contributed by atoms with Crippen LogP contribution in [0.1, 0.15) is 12.5 Å². The number of benzene rings is 2. The lowest BCUT2D eigenvalue weighted by atomic mass is 10.1. The molecule has 2 aromatic rings. The molecule has 0 atom stereocenters. The van der Waals surface area contributed by atoms with Crippen LogP contribution in [0.3, 0.4) is 0 Å². The van der Waals surface area contributed by atoms with Gasteiger partial charge in [0.05, 0.1) is 23.1 Å². The number of rotatable bonds is 5. The van der Waals surface area contributed by atoms with Crippen LogP contribution in [-0.4, -0.2) is 12.5 Å². The van der Waals surface area contributed by atoms with Gasteiger partial charge in [-0.3, -0.25) is 4.79 Å². The summed E-state index contributed by atoms with van der Waals surface area (Å²) in [5.74, 6) is 0.664. The number of amides is 1. The molecule has 110 valence electrons. The molecule has 3 nitrogen and oxygen atoms in total. The van der Waals surface area contributed by atoms with Crippen molar-refractivity contribution in [3.63, 3.8) is 0 Å². The second-order valence-corrected chi connectivity index (χ2v) is 5.25. The fourth-order valence-electron chi connectivity index (χ4n) is 1.84. The number of carbonyl (C=O) groups is 1. The molecule has 1 amide bonds. The molecule has 5 heteroatoms. The first kappa shape index (κ1) is 15.7. The summed E-state index contributed by atoms with van der Waals surface area (Å²) < 4.78 is 5.35. The molecule has 21 heavy (non-hydrogen) atoms. The van der Waals surface area contributed by atoms with Crippen LogP contribution in [0, 0.1) is 0 Å². The van der Waals surface area contributed by atoms with Gasteiger partial charge in [-0.25, -0.2) is 0 Å². The van der Waals surface area contributed by atoms with Crippen molar-refractivity contribution in [2.45, 2.75) is 13.3 Å². The van der Waals surface area contributed by atoms with E-state index in [1.807, 2.05) is 19.1 Å². The van der Waals surface area contributed by atoms with Gasteiger partial charge in [-0.15, -0.1) is 0 Å². The Balaban J connectivity index is 1.96. The predicted molar refractivity (Wildman–Crippen MR) is 86.4 cm³/mol. The molecule has 0 aromatic heterocycles. The van der Waals surface area contributed by atoms with Crippen molar-refractivity contribution in [2.75, 3.05) is 11.9 Å². The Morgan fingerprint density at radius 1 is 1.10 bits per heavy atom. The van der Waals surface area contributed by atoms with Gasteiger partial charge < -0.3 is 10.1 Å². The highest BCUT2D eigenvalue weighted by molar-refractivity contribution is 6.42. The maximum absolute atomic E-state index is 12.0. The highest BCUT2D eigenvalue weighted by Gasteiger charge is 2.06. The van der Waals surface area contributed by atoms with E-state index in [0.717, 1.165) is 17.0 Å². The van der Waals surface area contributed by atoms with Crippen LogP contribution in [0.5, 0.6) is 5.75 Å². The maximum atomic E-state index is 12.0. The summed E-state index contributed by atoms with van der Waals surface area (Å²) in [5, 5.41) is 3.75. The number of carbonyl (C=O) groups excluding carboxylic acids is 1. The molecule has 1 N–H and O–H groups in total. The van der Waals surface area contributed by atoms with Crippen LogP contribution in [0.2, 0.25) is 10.0 Å². The molecular weight excluding hydrogens is 309 g/mol. The fourth-order valence-corrected chi connectivity index (χ4v) is 2.16. The molecular formula is C16H15Cl2NO2. The molecule has 0 bridgehead atoms. The van der Waals surface area contributed by atoms with Gasteiger partial charge in [0, 0.05) is 5.69 Å². The van der Waals surface area contributed by atoms with E-state index >= 15 is 0 Å². The summed E-state index contributed by atoms with van der Waals surface area (Å²) >= 11 is 11.8. The molecule has 0 fully saturated rings. The van der Waals surface area contributed by atoms with E-state index in [1.165, 1.54) is 0 Å². The lowest BCUT2D eigenvalue weighted by molar-refractivity contribution is -0.115. The number of hydrogen-bond acceptors (Lipinski definition) is 2. The Kier molecular flexibility index (Phi) is 5.48. The van der Waals surface area contributed by atoms with Crippen molar-refractivity contribution < 1.29 is 9.53 Å². The maximum Gasteiger partial charge on any atom is 0.228 e. The van der Waals surface area contributed by atoms with Gasteiger partial charge in [0.25, 0.3) is 0 Å². The minimum Gasteiger partial charge on any atom is -0.494 e. The second-order valence-electron chi connectivity index (χ2n) is 4.43. The zero-order valence-corrected chi connectivity index (χ0v) is 13.0. The van der Waals surface area contributed by atoms with E-state index in [-0.39, 0.29) is 12.3 Å². The minimum atomic E-state index is -0.113. The summed E-state index contributed by atoms with van der Waals surface area (Å²) in [6.45, 7) is 2.54. The van der Waals surface area contributed by atoms with Gasteiger partial charge in [-0.05, 0) is 48.9 Å². The van der Waals surface area contributed by atoms with Gasteiger partial charge in [-0.1, -0.05) is 29.3 Å². The zero-order chi connectivity index (χ0) is 15.2. The van der Waals surface area contributed by atoms with Gasteiger partial charge in [0.1, 0.15) is 5.75 Å². The SMILES string of the molecule is CCOc1ccc(NC(=O)Cc2ccc(Cl)c(Cl)c2)cc1. The van der Waals surface area contributed by atoms with Crippen molar-refractivity contribution in [2.24, 2.45) is 0 Å². The van der Waals surface area contributed by atoms with E-state index in [4.69, 9.17) is 27.9 Å². The fraction of sp³-hybridized carbons (Fsp3) is 0.188. The second kappa shape index (κ2) is 7.34. The number of halogens is 2. The van der Waals surface area contributed by atoms with Crippen LogP contribution in [0.25, 0.3) is 0 Å². The Morgan fingerprint density at radius 3 is 2.43 bits per heavy atom. The van der Waals surface area contributed by atoms with E-state index in [2.05, 4.69) is 5.32 Å². The van der Waals surface area contributed by atoms with E-state index in [0.29, 0.717) is 16.7 Å². The third-order valence-electron chi connectivity index (χ3n) is 2.80. The van der Waals surface area contributed by atoms with Gasteiger partial charge >= 0.3 is 0 Å². The van der Waals surface area contributed by atoms with Crippen molar-refractivity contribution in [3.05, 3.63) is 58.1 Å². The van der Waals surface area contributed by atoms with Crippen molar-refractivity contribution in [1.29, 1.82) is 0 Å². The number of anilines is 1. The molecule has 2 aromatic carbocycles. The summed E-state index contributed by atoms with van der Waals surface area (Å²) in [7, 11) is 0. The zero-order valence-electron chi connectivity index (χ0n) is 11.5. The first-order valence-electron chi connectivity index (χ1n) is 6.55. The largest absolute Gasteiger partial charge is 0.494 e. The number of nitrogens with one attached hydrogen (secondary N) is 1. The molecule has 0 unspecified atom stereocenters. The van der Waals surface area contributed by atoms with E-state index < -0.39 is 0 Å².